The molecule has 1 saturated heterocycles. The Balaban J connectivity index is 1.29. The first-order valence-corrected chi connectivity index (χ1v) is 14.6. The number of carbonyl (C=O) groups is 1. The molecule has 1 aliphatic heterocycles. The van der Waals surface area contributed by atoms with Gasteiger partial charge in [0, 0.05) is 26.1 Å². The molecular weight excluding hydrogens is 434 g/mol. The van der Waals surface area contributed by atoms with Gasteiger partial charge in [0.2, 0.25) is 5.91 Å². The van der Waals surface area contributed by atoms with Crippen molar-refractivity contribution < 1.29 is 9.53 Å². The minimum absolute atomic E-state index is 0.0251. The average Bonchev–Trinajstić information content (AvgIpc) is 3.53. The summed E-state index contributed by atoms with van der Waals surface area (Å²) in [6.45, 7) is 4.61. The van der Waals surface area contributed by atoms with Crippen LogP contribution in [0.4, 0.5) is 0 Å². The Morgan fingerprint density at radius 2 is 1.57 bits per heavy atom. The van der Waals surface area contributed by atoms with Crippen molar-refractivity contribution in [3.8, 4) is 0 Å². The molecule has 1 aromatic heterocycles. The number of benzene rings is 1. The van der Waals surface area contributed by atoms with Gasteiger partial charge in [-0.1, -0.05) is 103 Å². The fraction of sp³-hybridized carbons (Fsp3) is 0.733. The van der Waals surface area contributed by atoms with Crippen LogP contribution in [0, 0.1) is 0 Å². The van der Waals surface area contributed by atoms with E-state index in [2.05, 4.69) is 41.1 Å². The quantitative estimate of drug-likeness (QED) is 0.212. The van der Waals surface area contributed by atoms with Crippen LogP contribution in [-0.2, 0) is 22.5 Å². The first-order valence-electron chi connectivity index (χ1n) is 14.6. The lowest BCUT2D eigenvalue weighted by Gasteiger charge is -2.12. The van der Waals surface area contributed by atoms with Crippen LogP contribution in [0.2, 0.25) is 0 Å². The van der Waals surface area contributed by atoms with Crippen molar-refractivity contribution in [3.63, 3.8) is 0 Å². The summed E-state index contributed by atoms with van der Waals surface area (Å²) >= 11 is 0. The number of aryl methyl sites for hydroxylation is 1. The number of unbranched alkanes of at least 4 members (excludes halogenated alkanes) is 13. The van der Waals surface area contributed by atoms with Gasteiger partial charge in [-0.3, -0.25) is 4.79 Å². The van der Waals surface area contributed by atoms with E-state index in [0.29, 0.717) is 13.2 Å². The Bertz CT molecular complexity index is 841. The third-order valence-corrected chi connectivity index (χ3v) is 7.34. The summed E-state index contributed by atoms with van der Waals surface area (Å²) in [7, 11) is 0. The smallest absolute Gasteiger partial charge is 0.249 e. The molecule has 1 aromatic carbocycles. The van der Waals surface area contributed by atoms with E-state index in [1.807, 2.05) is 0 Å². The van der Waals surface area contributed by atoms with Crippen molar-refractivity contribution in [2.75, 3.05) is 13.2 Å². The second-order valence-electron chi connectivity index (χ2n) is 10.3. The van der Waals surface area contributed by atoms with Crippen molar-refractivity contribution in [1.82, 2.24) is 14.9 Å². The first-order chi connectivity index (χ1) is 17.3. The zero-order valence-electron chi connectivity index (χ0n) is 22.2. The number of hydrogen-bond donors (Lipinski definition) is 1. The van der Waals surface area contributed by atoms with Crippen molar-refractivity contribution in [2.24, 2.45) is 0 Å². The van der Waals surface area contributed by atoms with Gasteiger partial charge in [-0.2, -0.15) is 0 Å². The highest BCUT2D eigenvalue weighted by Gasteiger charge is 2.23. The van der Waals surface area contributed by atoms with Crippen molar-refractivity contribution >= 4 is 16.9 Å². The predicted octanol–water partition coefficient (Wildman–Crippen LogP) is 7.36. The second-order valence-corrected chi connectivity index (χ2v) is 10.3. The Labute approximate surface area is 213 Å². The molecule has 5 heteroatoms. The van der Waals surface area contributed by atoms with Gasteiger partial charge in [0.1, 0.15) is 11.9 Å². The molecule has 1 unspecified atom stereocenters. The fourth-order valence-corrected chi connectivity index (χ4v) is 5.23. The number of ether oxygens (including phenoxy) is 1. The van der Waals surface area contributed by atoms with E-state index in [1.165, 1.54) is 95.4 Å². The van der Waals surface area contributed by atoms with Gasteiger partial charge >= 0.3 is 0 Å². The summed E-state index contributed by atoms with van der Waals surface area (Å²) in [5.41, 5.74) is 2.26. The Morgan fingerprint density at radius 3 is 2.20 bits per heavy atom. The SMILES string of the molecule is CCCCCCCCCCCCCCCCn1c(CCNC(=O)C2CCCO2)nc2ccccc21. The number of hydrogen-bond acceptors (Lipinski definition) is 3. The number of fused-ring (bicyclic) bond motifs is 1. The lowest BCUT2D eigenvalue weighted by atomic mass is 10.0. The molecule has 1 aliphatic rings. The topological polar surface area (TPSA) is 56.2 Å². The van der Waals surface area contributed by atoms with Crippen molar-refractivity contribution in [3.05, 3.63) is 30.1 Å². The molecule has 0 bridgehead atoms. The van der Waals surface area contributed by atoms with Crippen LogP contribution in [-0.4, -0.2) is 34.7 Å². The number of amides is 1. The molecule has 5 nitrogen and oxygen atoms in total. The average molecular weight is 484 g/mol. The van der Waals surface area contributed by atoms with E-state index in [4.69, 9.17) is 9.72 Å². The molecule has 196 valence electrons. The maximum atomic E-state index is 12.2. The van der Waals surface area contributed by atoms with Gasteiger partial charge < -0.3 is 14.6 Å². The molecule has 35 heavy (non-hydrogen) atoms. The van der Waals surface area contributed by atoms with Crippen LogP contribution in [0.25, 0.3) is 11.0 Å². The van der Waals surface area contributed by atoms with Crippen molar-refractivity contribution in [1.29, 1.82) is 0 Å². The summed E-state index contributed by atoms with van der Waals surface area (Å²) < 4.78 is 7.86. The summed E-state index contributed by atoms with van der Waals surface area (Å²) in [6, 6.07) is 8.40. The third-order valence-electron chi connectivity index (χ3n) is 7.34. The molecule has 1 fully saturated rings. The zero-order valence-corrected chi connectivity index (χ0v) is 22.2. The molecule has 2 aromatic rings. The van der Waals surface area contributed by atoms with Crippen LogP contribution in [0.15, 0.2) is 24.3 Å². The minimum atomic E-state index is -0.260. The molecule has 0 spiro atoms. The van der Waals surface area contributed by atoms with Gasteiger partial charge in [0.05, 0.1) is 11.0 Å². The summed E-state index contributed by atoms with van der Waals surface area (Å²) in [5, 5.41) is 3.05. The van der Waals surface area contributed by atoms with Crippen molar-refractivity contribution in [2.45, 2.75) is 129 Å². The lowest BCUT2D eigenvalue weighted by molar-refractivity contribution is -0.130. The summed E-state index contributed by atoms with van der Waals surface area (Å²) in [4.78, 5) is 17.1. The number of imidazole rings is 1. The first kappa shape index (κ1) is 27.7. The number of nitrogens with zero attached hydrogens (tertiary/aromatic N) is 2. The predicted molar refractivity (Wildman–Crippen MR) is 146 cm³/mol. The maximum absolute atomic E-state index is 12.2. The Morgan fingerprint density at radius 1 is 0.943 bits per heavy atom. The van der Waals surface area contributed by atoms with Gasteiger partial charge in [-0.05, 0) is 31.4 Å². The van der Waals surface area contributed by atoms with Gasteiger partial charge in [-0.25, -0.2) is 4.98 Å². The summed E-state index contributed by atoms with van der Waals surface area (Å²) in [5.74, 6) is 1.10. The molecule has 0 radical (unpaired) electrons. The lowest BCUT2D eigenvalue weighted by Crippen LogP contribution is -2.35. The van der Waals surface area contributed by atoms with E-state index in [-0.39, 0.29) is 12.0 Å². The standard InChI is InChI=1S/C30H49N3O2/c1-2-3-4-5-6-7-8-9-10-11-12-13-14-17-24-33-27-20-16-15-19-26(27)32-29(33)22-23-31-30(34)28-21-18-25-35-28/h15-16,19-20,28H,2-14,17-18,21-25H2,1H3,(H,31,34). The van der Waals surface area contributed by atoms with Gasteiger partial charge in [0.15, 0.2) is 0 Å². The van der Waals surface area contributed by atoms with E-state index in [0.717, 1.165) is 37.1 Å². The highest BCUT2D eigenvalue weighted by atomic mass is 16.5. The molecule has 3 rings (SSSR count). The number of carbonyl (C=O) groups excluding carboxylic acids is 1. The van der Waals surface area contributed by atoms with Crippen LogP contribution >= 0.6 is 0 Å². The second kappa shape index (κ2) is 16.7. The monoisotopic (exact) mass is 483 g/mol. The van der Waals surface area contributed by atoms with E-state index in [9.17, 15) is 4.79 Å². The highest BCUT2D eigenvalue weighted by molar-refractivity contribution is 5.81. The molecule has 1 N–H and O–H groups in total. The number of nitrogens with one attached hydrogen (secondary N) is 1. The largest absolute Gasteiger partial charge is 0.368 e. The van der Waals surface area contributed by atoms with E-state index < -0.39 is 0 Å². The molecule has 1 atom stereocenters. The van der Waals surface area contributed by atoms with Crippen LogP contribution in [0.1, 0.15) is 115 Å². The summed E-state index contributed by atoms with van der Waals surface area (Å²) in [6.07, 6.45) is 21.6. The van der Waals surface area contributed by atoms with Gasteiger partial charge in [-0.15, -0.1) is 0 Å². The molecule has 0 aliphatic carbocycles. The number of aromatic nitrogens is 2. The van der Waals surface area contributed by atoms with Crippen LogP contribution in [0.5, 0.6) is 0 Å². The Hall–Kier alpha value is -1.88. The van der Waals surface area contributed by atoms with Gasteiger partial charge in [0.25, 0.3) is 0 Å². The van der Waals surface area contributed by atoms with E-state index in [1.54, 1.807) is 0 Å². The van der Waals surface area contributed by atoms with E-state index >= 15 is 0 Å². The maximum Gasteiger partial charge on any atom is 0.249 e. The molecule has 0 saturated carbocycles. The number of para-hydroxylation sites is 2. The fourth-order valence-electron chi connectivity index (χ4n) is 5.23. The molecule has 2 heterocycles. The molecule has 1 amide bonds. The Kier molecular flexibility index (Phi) is 13.2. The highest BCUT2D eigenvalue weighted by Crippen LogP contribution is 2.19. The minimum Gasteiger partial charge on any atom is -0.368 e. The third kappa shape index (κ3) is 9.95. The van der Waals surface area contributed by atoms with Crippen LogP contribution in [0.3, 0.4) is 0 Å². The number of rotatable bonds is 19. The zero-order chi connectivity index (χ0) is 24.6. The van der Waals surface area contributed by atoms with Crippen LogP contribution < -0.4 is 5.32 Å². The normalized spacial score (nSPS) is 15.7. The molecular formula is C30H49N3O2.